The standard InChI is InChI=1S/C41H22N4O8/c46-37-29-9-5-13-33(44(50)51)35(29)39(48)42(37)25-19-15-23(16-20-25)41(31-11-3-1-7-27(31)28-8-2-4-12-32(28)41)24-17-21-26(22-18-24)43-38(47)30-10-6-14-34(45(52)53)36(30)40(43)49/h1-22H. The molecular weight excluding hydrogens is 676 g/mol. The van der Waals surface area contributed by atoms with Gasteiger partial charge in [0.1, 0.15) is 11.1 Å². The summed E-state index contributed by atoms with van der Waals surface area (Å²) in [6.07, 6.45) is 0. The van der Waals surface area contributed by atoms with Crippen LogP contribution in [-0.4, -0.2) is 33.5 Å². The van der Waals surface area contributed by atoms with Crippen molar-refractivity contribution in [3.8, 4) is 11.1 Å². The Morgan fingerprint density at radius 1 is 0.415 bits per heavy atom. The van der Waals surface area contributed by atoms with Crippen LogP contribution in [0.2, 0.25) is 0 Å². The molecule has 6 aromatic rings. The minimum atomic E-state index is -0.953. The van der Waals surface area contributed by atoms with Crippen LogP contribution in [0.15, 0.2) is 133 Å². The third kappa shape index (κ3) is 4.17. The topological polar surface area (TPSA) is 161 Å². The van der Waals surface area contributed by atoms with Crippen molar-refractivity contribution in [2.24, 2.45) is 0 Å². The lowest BCUT2D eigenvalue weighted by molar-refractivity contribution is -0.385. The fraction of sp³-hybridized carbons (Fsp3) is 0.0244. The van der Waals surface area contributed by atoms with Crippen LogP contribution in [0.3, 0.4) is 0 Å². The highest BCUT2D eigenvalue weighted by Gasteiger charge is 2.48. The third-order valence-corrected chi connectivity index (χ3v) is 10.2. The molecular formula is C41H22N4O8. The predicted octanol–water partition coefficient (Wildman–Crippen LogP) is 7.47. The Kier molecular flexibility index (Phi) is 6.63. The number of nitro benzene ring substituents is 2. The molecule has 1 aliphatic carbocycles. The average molecular weight is 699 g/mol. The second-order valence-corrected chi connectivity index (χ2v) is 12.7. The summed E-state index contributed by atoms with van der Waals surface area (Å²) in [6.45, 7) is 0. The maximum absolute atomic E-state index is 13.5. The summed E-state index contributed by atoms with van der Waals surface area (Å²) in [6, 6.07) is 37.5. The zero-order chi connectivity index (χ0) is 36.8. The van der Waals surface area contributed by atoms with Gasteiger partial charge in [-0.05, 0) is 69.8 Å². The second kappa shape index (κ2) is 11.2. The van der Waals surface area contributed by atoms with Crippen molar-refractivity contribution in [2.75, 3.05) is 9.80 Å². The maximum atomic E-state index is 13.5. The van der Waals surface area contributed by atoms with Crippen molar-refractivity contribution < 1.29 is 29.0 Å². The highest BCUT2D eigenvalue weighted by Crippen LogP contribution is 2.56. The summed E-state index contributed by atoms with van der Waals surface area (Å²) in [5, 5.41) is 23.4. The van der Waals surface area contributed by atoms with Gasteiger partial charge in [-0.1, -0.05) is 84.9 Å². The quantitative estimate of drug-likeness (QED) is 0.0982. The largest absolute Gasteiger partial charge is 0.283 e. The number of nitro groups is 2. The number of anilines is 2. The number of carbonyl (C=O) groups excluding carboxylic acids is 4. The fourth-order valence-corrected chi connectivity index (χ4v) is 8.05. The van der Waals surface area contributed by atoms with Crippen LogP contribution < -0.4 is 9.80 Å². The Morgan fingerprint density at radius 3 is 1.15 bits per heavy atom. The highest BCUT2D eigenvalue weighted by molar-refractivity contribution is 6.36. The van der Waals surface area contributed by atoms with E-state index in [1.165, 1.54) is 36.4 Å². The molecule has 3 aliphatic rings. The van der Waals surface area contributed by atoms with Gasteiger partial charge in [0.25, 0.3) is 35.0 Å². The first kappa shape index (κ1) is 31.4. The molecule has 0 aromatic heterocycles. The van der Waals surface area contributed by atoms with Gasteiger partial charge in [0.05, 0.1) is 37.8 Å². The van der Waals surface area contributed by atoms with Gasteiger partial charge in [-0.3, -0.25) is 39.4 Å². The minimum Gasteiger partial charge on any atom is -0.268 e. The lowest BCUT2D eigenvalue weighted by atomic mass is 9.67. The van der Waals surface area contributed by atoms with Gasteiger partial charge in [0, 0.05) is 12.1 Å². The van der Waals surface area contributed by atoms with Crippen LogP contribution in [0.25, 0.3) is 11.1 Å². The Bertz CT molecular complexity index is 2480. The number of hydrogen-bond acceptors (Lipinski definition) is 8. The van der Waals surface area contributed by atoms with Gasteiger partial charge in [0.15, 0.2) is 0 Å². The first-order valence-electron chi connectivity index (χ1n) is 16.4. The molecule has 0 fully saturated rings. The maximum Gasteiger partial charge on any atom is 0.283 e. The first-order chi connectivity index (χ1) is 25.6. The summed E-state index contributed by atoms with van der Waals surface area (Å²) in [7, 11) is 0. The van der Waals surface area contributed by atoms with E-state index in [4.69, 9.17) is 0 Å². The molecule has 9 rings (SSSR count). The van der Waals surface area contributed by atoms with Crippen molar-refractivity contribution in [1.82, 2.24) is 0 Å². The SMILES string of the molecule is O=C1c2cccc([N+](=O)[O-])c2C(=O)N1c1ccc(C2(c3ccc(N4C(=O)c5cccc([N+](=O)[O-])c5C4=O)cc3)c3ccccc3-c3ccccc32)cc1. The van der Waals surface area contributed by atoms with E-state index >= 15 is 0 Å². The van der Waals surface area contributed by atoms with Gasteiger partial charge in [-0.15, -0.1) is 0 Å². The molecule has 254 valence electrons. The monoisotopic (exact) mass is 698 g/mol. The number of nitrogens with zero attached hydrogens (tertiary/aromatic N) is 4. The van der Waals surface area contributed by atoms with E-state index in [-0.39, 0.29) is 33.6 Å². The van der Waals surface area contributed by atoms with E-state index in [9.17, 15) is 39.4 Å². The van der Waals surface area contributed by atoms with E-state index < -0.39 is 50.3 Å². The molecule has 0 N–H and O–H groups in total. The average Bonchev–Trinajstić information content (AvgIpc) is 3.73. The van der Waals surface area contributed by atoms with Crippen LogP contribution in [0.1, 0.15) is 63.7 Å². The summed E-state index contributed by atoms with van der Waals surface area (Å²) in [4.78, 5) is 77.8. The summed E-state index contributed by atoms with van der Waals surface area (Å²) in [5.74, 6) is -2.90. The molecule has 12 heteroatoms. The molecule has 0 atom stereocenters. The van der Waals surface area contributed by atoms with E-state index in [0.717, 1.165) is 43.2 Å². The Labute approximate surface area is 299 Å². The number of imide groups is 2. The fourth-order valence-electron chi connectivity index (χ4n) is 8.05. The molecule has 0 saturated carbocycles. The van der Waals surface area contributed by atoms with E-state index in [1.807, 2.05) is 72.8 Å². The zero-order valence-corrected chi connectivity index (χ0v) is 27.3. The summed E-state index contributed by atoms with van der Waals surface area (Å²) < 4.78 is 0. The number of fused-ring (bicyclic) bond motifs is 5. The molecule has 6 aromatic carbocycles. The van der Waals surface area contributed by atoms with Crippen LogP contribution in [0.5, 0.6) is 0 Å². The van der Waals surface area contributed by atoms with Crippen molar-refractivity contribution in [3.05, 3.63) is 198 Å². The van der Waals surface area contributed by atoms with Gasteiger partial charge < -0.3 is 0 Å². The van der Waals surface area contributed by atoms with Gasteiger partial charge in [-0.25, -0.2) is 9.80 Å². The molecule has 12 nitrogen and oxygen atoms in total. The smallest absolute Gasteiger partial charge is 0.268 e. The van der Waals surface area contributed by atoms with E-state index in [1.54, 1.807) is 24.3 Å². The van der Waals surface area contributed by atoms with Crippen LogP contribution in [0, 0.1) is 20.2 Å². The molecule has 4 amide bonds. The lowest BCUT2D eigenvalue weighted by Gasteiger charge is -2.34. The van der Waals surface area contributed by atoms with Crippen molar-refractivity contribution in [3.63, 3.8) is 0 Å². The van der Waals surface area contributed by atoms with Crippen LogP contribution >= 0.6 is 0 Å². The Morgan fingerprint density at radius 2 is 0.774 bits per heavy atom. The molecule has 0 bridgehead atoms. The van der Waals surface area contributed by atoms with E-state index in [0.29, 0.717) is 0 Å². The van der Waals surface area contributed by atoms with Crippen LogP contribution in [-0.2, 0) is 5.41 Å². The van der Waals surface area contributed by atoms with Gasteiger partial charge in [-0.2, -0.15) is 0 Å². The number of amides is 4. The minimum absolute atomic E-state index is 0.0452. The van der Waals surface area contributed by atoms with Crippen molar-refractivity contribution in [2.45, 2.75) is 5.41 Å². The van der Waals surface area contributed by atoms with E-state index in [2.05, 4.69) is 0 Å². The first-order valence-corrected chi connectivity index (χ1v) is 16.4. The third-order valence-electron chi connectivity index (χ3n) is 10.2. The summed E-state index contributed by atoms with van der Waals surface area (Å²) in [5.41, 5.74) is 3.41. The molecule has 0 unspecified atom stereocenters. The molecule has 2 heterocycles. The number of rotatable bonds is 6. The van der Waals surface area contributed by atoms with Gasteiger partial charge in [0.2, 0.25) is 0 Å². The van der Waals surface area contributed by atoms with Crippen molar-refractivity contribution in [1.29, 1.82) is 0 Å². The zero-order valence-electron chi connectivity index (χ0n) is 27.3. The number of carbonyl (C=O) groups is 4. The van der Waals surface area contributed by atoms with Crippen LogP contribution in [0.4, 0.5) is 22.7 Å². The predicted molar refractivity (Wildman–Crippen MR) is 192 cm³/mol. The van der Waals surface area contributed by atoms with Crippen molar-refractivity contribution >= 4 is 46.4 Å². The molecule has 53 heavy (non-hydrogen) atoms. The molecule has 0 saturated heterocycles. The van der Waals surface area contributed by atoms with Gasteiger partial charge >= 0.3 is 0 Å². The highest BCUT2D eigenvalue weighted by atomic mass is 16.6. The number of hydrogen-bond donors (Lipinski definition) is 0. The second-order valence-electron chi connectivity index (χ2n) is 12.7. The molecule has 0 spiro atoms. The lowest BCUT2D eigenvalue weighted by Crippen LogP contribution is -2.31. The normalized spacial score (nSPS) is 14.9. The Balaban J connectivity index is 1.17. The summed E-state index contributed by atoms with van der Waals surface area (Å²) >= 11 is 0. The Hall–Kier alpha value is -7.60. The molecule has 2 aliphatic heterocycles. The number of benzene rings is 6. The molecule has 0 radical (unpaired) electrons.